The largest absolute Gasteiger partial charge is 0.338 e. The third-order valence-electron chi connectivity index (χ3n) is 5.50. The summed E-state index contributed by atoms with van der Waals surface area (Å²) in [6.45, 7) is 1.20. The lowest BCUT2D eigenvalue weighted by Gasteiger charge is -2.21. The van der Waals surface area contributed by atoms with Crippen molar-refractivity contribution in [1.29, 1.82) is 0 Å². The highest BCUT2D eigenvalue weighted by Gasteiger charge is 2.32. The summed E-state index contributed by atoms with van der Waals surface area (Å²) in [4.78, 5) is 12.3. The van der Waals surface area contributed by atoms with E-state index in [9.17, 15) is 17.6 Å². The summed E-state index contributed by atoms with van der Waals surface area (Å²) in [7, 11) is -3.62. The maximum absolute atomic E-state index is 13.0. The zero-order chi connectivity index (χ0) is 20.0. The molecule has 1 aliphatic carbocycles. The molecule has 2 fully saturated rings. The Morgan fingerprint density at radius 3 is 2.27 bits per heavy atom. The van der Waals surface area contributed by atoms with Crippen LogP contribution in [0, 0.1) is 32.6 Å². The number of nitrogens with zero attached hydrogens (tertiary/aromatic N) is 1. The zero-order valence-corrected chi connectivity index (χ0v) is 18.4. The van der Waals surface area contributed by atoms with Gasteiger partial charge in [0.05, 0.1) is 10.9 Å². The molecule has 30 heavy (non-hydrogen) atoms. The molecule has 2 amide bonds. The standard InChI is InChI=1S/C20H29FN3O3S.2CH2/c21-17-8-10-19(11-9-17)28(26,27)24-13-12-16(15-24)14-22-20(25)23-18-6-4-2-1-3-5-7-18;;/h8-11,16H,1-7,12-15H2,(H2,22,23,25);2*1H2. The Balaban J connectivity index is 0.00000225. The number of rotatable bonds is 5. The maximum atomic E-state index is 13.0. The van der Waals surface area contributed by atoms with Gasteiger partial charge in [0.15, 0.2) is 0 Å². The lowest BCUT2D eigenvalue weighted by atomic mass is 9.97. The third kappa shape index (κ3) is 7.23. The van der Waals surface area contributed by atoms with E-state index in [4.69, 9.17) is 0 Å². The molecule has 2 N–H and O–H groups in total. The first-order valence-electron chi connectivity index (χ1n) is 10.1. The van der Waals surface area contributed by atoms with E-state index in [-0.39, 0.29) is 31.7 Å². The van der Waals surface area contributed by atoms with Gasteiger partial charge in [0, 0.05) is 19.6 Å². The first kappa shape index (κ1) is 26.4. The fraction of sp³-hybridized carbons (Fsp3) is 0.545. The Kier molecular flexibility index (Phi) is 10.8. The van der Waals surface area contributed by atoms with E-state index in [1.165, 1.54) is 35.7 Å². The molecule has 1 aromatic rings. The molecule has 0 bridgehead atoms. The van der Waals surface area contributed by atoms with E-state index in [1.54, 1.807) is 0 Å². The third-order valence-corrected chi connectivity index (χ3v) is 7.38. The Labute approximate surface area is 181 Å². The van der Waals surface area contributed by atoms with Crippen molar-refractivity contribution in [3.8, 4) is 0 Å². The van der Waals surface area contributed by atoms with Crippen molar-refractivity contribution in [3.05, 3.63) is 51.0 Å². The molecule has 167 valence electrons. The van der Waals surface area contributed by atoms with Crippen molar-refractivity contribution in [2.75, 3.05) is 19.6 Å². The maximum Gasteiger partial charge on any atom is 0.315 e. The number of amides is 2. The quantitative estimate of drug-likeness (QED) is 0.727. The first-order valence-corrected chi connectivity index (χ1v) is 11.5. The van der Waals surface area contributed by atoms with E-state index in [0.717, 1.165) is 43.9 Å². The van der Waals surface area contributed by atoms with Crippen molar-refractivity contribution < 1.29 is 17.6 Å². The van der Waals surface area contributed by atoms with Crippen molar-refractivity contribution in [3.63, 3.8) is 0 Å². The predicted octanol–water partition coefficient (Wildman–Crippen LogP) is 4.07. The van der Waals surface area contributed by atoms with Gasteiger partial charge in [-0.1, -0.05) is 47.0 Å². The fourth-order valence-corrected chi connectivity index (χ4v) is 5.37. The molecule has 3 rings (SSSR count). The topological polar surface area (TPSA) is 78.5 Å². The number of carbonyl (C=O) groups is 1. The molecule has 1 saturated heterocycles. The number of carbonyl (C=O) groups excluding carboxylic acids is 1. The SMILES string of the molecule is O=C(NCC1CCN(S(=O)(=O)c2ccc(F)cc2)C1)N[C]1CCCCCCC1.[CH2].[CH2]. The lowest BCUT2D eigenvalue weighted by molar-refractivity contribution is 0.238. The summed E-state index contributed by atoms with van der Waals surface area (Å²) >= 11 is 0. The van der Waals surface area contributed by atoms with Gasteiger partial charge in [0.25, 0.3) is 0 Å². The van der Waals surface area contributed by atoms with E-state index in [1.807, 2.05) is 0 Å². The van der Waals surface area contributed by atoms with E-state index < -0.39 is 15.8 Å². The molecule has 1 unspecified atom stereocenters. The second-order valence-corrected chi connectivity index (χ2v) is 9.62. The second-order valence-electron chi connectivity index (χ2n) is 7.68. The van der Waals surface area contributed by atoms with Crippen LogP contribution in [0.15, 0.2) is 29.2 Å². The minimum atomic E-state index is -3.62. The van der Waals surface area contributed by atoms with Gasteiger partial charge in [0.1, 0.15) is 5.82 Å². The van der Waals surface area contributed by atoms with Crippen LogP contribution < -0.4 is 10.6 Å². The van der Waals surface area contributed by atoms with Crippen LogP contribution in [-0.4, -0.2) is 38.4 Å². The van der Waals surface area contributed by atoms with E-state index in [0.29, 0.717) is 26.1 Å². The number of benzene rings is 1. The van der Waals surface area contributed by atoms with E-state index in [2.05, 4.69) is 10.6 Å². The number of halogens is 1. The Morgan fingerprint density at radius 2 is 1.63 bits per heavy atom. The number of hydrogen-bond donors (Lipinski definition) is 2. The average Bonchev–Trinajstić information content (AvgIpc) is 3.12. The molecule has 0 spiro atoms. The van der Waals surface area contributed by atoms with Crippen molar-refractivity contribution in [2.45, 2.75) is 56.3 Å². The van der Waals surface area contributed by atoms with Crippen LogP contribution in [0.5, 0.6) is 0 Å². The van der Waals surface area contributed by atoms with Crippen LogP contribution in [0.2, 0.25) is 0 Å². The summed E-state index contributed by atoms with van der Waals surface area (Å²) in [6.07, 6.45) is 8.53. The minimum absolute atomic E-state index is 0. The highest BCUT2D eigenvalue weighted by Crippen LogP contribution is 2.24. The molecule has 1 aromatic carbocycles. The summed E-state index contributed by atoms with van der Waals surface area (Å²) in [5.41, 5.74) is 0. The number of urea groups is 1. The molecule has 1 aliphatic heterocycles. The van der Waals surface area contributed by atoms with Gasteiger partial charge in [-0.2, -0.15) is 4.31 Å². The van der Waals surface area contributed by atoms with Gasteiger partial charge < -0.3 is 10.6 Å². The van der Waals surface area contributed by atoms with Gasteiger partial charge in [-0.3, -0.25) is 0 Å². The first-order chi connectivity index (χ1) is 13.4. The molecule has 1 heterocycles. The number of sulfonamides is 1. The average molecular weight is 439 g/mol. The monoisotopic (exact) mass is 438 g/mol. The van der Waals surface area contributed by atoms with Gasteiger partial charge in [0.2, 0.25) is 10.0 Å². The Morgan fingerprint density at radius 1 is 1.03 bits per heavy atom. The molecule has 8 heteroatoms. The molecule has 6 nitrogen and oxygen atoms in total. The van der Waals surface area contributed by atoms with Crippen LogP contribution in [0.4, 0.5) is 9.18 Å². The number of hydrogen-bond acceptors (Lipinski definition) is 3. The van der Waals surface area contributed by atoms with Gasteiger partial charge in [-0.15, -0.1) is 0 Å². The molecule has 1 saturated carbocycles. The summed E-state index contributed by atoms with van der Waals surface area (Å²) < 4.78 is 39.8. The van der Waals surface area contributed by atoms with Crippen LogP contribution in [0.3, 0.4) is 0 Å². The number of nitrogens with one attached hydrogen (secondary N) is 2. The Bertz CT molecular complexity index is 747. The van der Waals surface area contributed by atoms with Gasteiger partial charge >= 0.3 is 6.03 Å². The molecule has 0 aromatic heterocycles. The summed E-state index contributed by atoms with van der Waals surface area (Å²) in [6, 6.07) is 5.78. The Hall–Kier alpha value is -1.67. The van der Waals surface area contributed by atoms with Crippen molar-refractivity contribution in [1.82, 2.24) is 14.9 Å². The lowest BCUT2D eigenvalue weighted by Crippen LogP contribution is -2.41. The van der Waals surface area contributed by atoms with E-state index >= 15 is 0 Å². The fourth-order valence-electron chi connectivity index (χ4n) is 3.84. The highest BCUT2D eigenvalue weighted by atomic mass is 32.2. The van der Waals surface area contributed by atoms with Crippen LogP contribution in [-0.2, 0) is 10.0 Å². The van der Waals surface area contributed by atoms with Crippen LogP contribution in [0.25, 0.3) is 0 Å². The smallest absolute Gasteiger partial charge is 0.315 e. The normalized spacial score (nSPS) is 20.9. The highest BCUT2D eigenvalue weighted by molar-refractivity contribution is 7.89. The second kappa shape index (κ2) is 12.2. The predicted molar refractivity (Wildman–Crippen MR) is 116 cm³/mol. The molecule has 5 radical (unpaired) electrons. The van der Waals surface area contributed by atoms with Gasteiger partial charge in [-0.25, -0.2) is 17.6 Å². The van der Waals surface area contributed by atoms with Crippen LogP contribution in [0.1, 0.15) is 51.4 Å². The van der Waals surface area contributed by atoms with Crippen molar-refractivity contribution in [2.24, 2.45) is 5.92 Å². The molecular formula is C22H33FN3O3S. The summed E-state index contributed by atoms with van der Waals surface area (Å²) in [5, 5.41) is 5.87. The molecule has 2 aliphatic rings. The summed E-state index contributed by atoms with van der Waals surface area (Å²) in [5.74, 6) is -0.390. The minimum Gasteiger partial charge on any atom is -0.338 e. The zero-order valence-electron chi connectivity index (χ0n) is 17.5. The van der Waals surface area contributed by atoms with Crippen LogP contribution >= 0.6 is 0 Å². The van der Waals surface area contributed by atoms with Gasteiger partial charge in [-0.05, 0) is 49.4 Å². The van der Waals surface area contributed by atoms with Crippen molar-refractivity contribution >= 4 is 16.1 Å². The molecular weight excluding hydrogens is 405 g/mol. The molecule has 1 atom stereocenters.